The molecule has 0 spiro atoms. The maximum Gasteiger partial charge on any atom is 0.201 e. The Hall–Kier alpha value is -2.46. The van der Waals surface area contributed by atoms with Crippen molar-refractivity contribution < 1.29 is 14.6 Å². The number of benzene rings is 2. The Labute approximate surface area is 118 Å². The van der Waals surface area contributed by atoms with E-state index in [2.05, 4.69) is 0 Å². The molecule has 3 aromatic rings. The third kappa shape index (κ3) is 2.00. The summed E-state index contributed by atoms with van der Waals surface area (Å²) in [5, 5.41) is 20.0. The summed E-state index contributed by atoms with van der Waals surface area (Å²) < 4.78 is 5.53. The number of hydrogen-bond acceptors (Lipinski definition) is 4. The summed E-state index contributed by atoms with van der Waals surface area (Å²) in [4.78, 5) is 12.0. The van der Waals surface area contributed by atoms with E-state index in [0.29, 0.717) is 16.3 Å². The van der Waals surface area contributed by atoms with Gasteiger partial charge in [-0.25, -0.2) is 0 Å². The number of hydrogen-bond donors (Lipinski definition) is 2. The predicted molar refractivity (Wildman–Crippen MR) is 76.3 cm³/mol. The van der Waals surface area contributed by atoms with E-state index < -0.39 is 5.75 Å². The molecule has 0 aliphatic rings. The summed E-state index contributed by atoms with van der Waals surface area (Å²) in [6, 6.07) is 10.7. The Balaban J connectivity index is 2.31. The largest absolute Gasteiger partial charge is 0.504 e. The molecule has 0 aliphatic carbocycles. The van der Waals surface area contributed by atoms with E-state index in [1.807, 2.05) is 0 Å². The van der Waals surface area contributed by atoms with Crippen LogP contribution in [0, 0.1) is 0 Å². The van der Waals surface area contributed by atoms with Crippen LogP contribution in [0.4, 0.5) is 0 Å². The van der Waals surface area contributed by atoms with Crippen LogP contribution in [0.3, 0.4) is 0 Å². The van der Waals surface area contributed by atoms with Crippen molar-refractivity contribution in [3.05, 3.63) is 57.7 Å². The van der Waals surface area contributed by atoms with Crippen LogP contribution in [-0.4, -0.2) is 10.2 Å². The van der Waals surface area contributed by atoms with Crippen LogP contribution in [0.5, 0.6) is 11.5 Å². The molecule has 0 saturated heterocycles. The van der Waals surface area contributed by atoms with Gasteiger partial charge in [0.1, 0.15) is 5.76 Å². The molecule has 0 saturated carbocycles. The first-order chi connectivity index (χ1) is 9.56. The van der Waals surface area contributed by atoms with E-state index in [1.165, 1.54) is 18.2 Å². The first kappa shape index (κ1) is 12.6. The fraction of sp³-hybridized carbons (Fsp3) is 0. The highest BCUT2D eigenvalue weighted by Gasteiger charge is 2.13. The summed E-state index contributed by atoms with van der Waals surface area (Å²) in [5.41, 5.74) is 0.310. The zero-order chi connectivity index (χ0) is 14.3. The van der Waals surface area contributed by atoms with Crippen LogP contribution in [0.15, 0.2) is 51.7 Å². The maximum atomic E-state index is 12.0. The molecule has 0 fully saturated rings. The van der Waals surface area contributed by atoms with Crippen LogP contribution < -0.4 is 5.43 Å². The van der Waals surface area contributed by atoms with Gasteiger partial charge in [-0.15, -0.1) is 0 Å². The molecule has 0 bridgehead atoms. The van der Waals surface area contributed by atoms with Gasteiger partial charge in [0.2, 0.25) is 5.75 Å². The molecule has 1 aromatic heterocycles. The quantitative estimate of drug-likeness (QED) is 0.672. The van der Waals surface area contributed by atoms with Gasteiger partial charge in [-0.1, -0.05) is 11.6 Å². The highest BCUT2D eigenvalue weighted by Crippen LogP contribution is 2.34. The second kappa shape index (κ2) is 4.58. The second-order valence-corrected chi connectivity index (χ2v) is 4.73. The van der Waals surface area contributed by atoms with Crippen molar-refractivity contribution in [2.75, 3.05) is 0 Å². The molecule has 0 aliphatic heterocycles. The lowest BCUT2D eigenvalue weighted by Gasteiger charge is -2.05. The van der Waals surface area contributed by atoms with Crippen molar-refractivity contribution in [2.45, 2.75) is 0 Å². The minimum absolute atomic E-state index is 0.0394. The van der Waals surface area contributed by atoms with E-state index in [-0.39, 0.29) is 22.1 Å². The molecule has 20 heavy (non-hydrogen) atoms. The topological polar surface area (TPSA) is 70.7 Å². The van der Waals surface area contributed by atoms with Gasteiger partial charge in [0.05, 0.1) is 5.39 Å². The van der Waals surface area contributed by atoms with Crippen molar-refractivity contribution in [3.8, 4) is 22.8 Å². The first-order valence-corrected chi connectivity index (χ1v) is 6.19. The van der Waals surface area contributed by atoms with E-state index in [9.17, 15) is 15.0 Å². The van der Waals surface area contributed by atoms with Crippen LogP contribution in [0.1, 0.15) is 0 Å². The van der Waals surface area contributed by atoms with Crippen molar-refractivity contribution in [3.63, 3.8) is 0 Å². The van der Waals surface area contributed by atoms with Crippen molar-refractivity contribution in [1.29, 1.82) is 0 Å². The molecule has 0 amide bonds. The Morgan fingerprint density at radius 2 is 1.70 bits per heavy atom. The Kier molecular flexibility index (Phi) is 2.88. The lowest BCUT2D eigenvalue weighted by Crippen LogP contribution is -2.00. The molecular weight excluding hydrogens is 280 g/mol. The number of phenols is 2. The predicted octanol–water partition coefficient (Wildman–Crippen LogP) is 3.52. The minimum Gasteiger partial charge on any atom is -0.504 e. The summed E-state index contributed by atoms with van der Waals surface area (Å²) in [5.74, 6) is -0.496. The number of phenolic OH excluding ortho intramolecular Hbond substituents is 2. The van der Waals surface area contributed by atoms with E-state index in [1.54, 1.807) is 24.3 Å². The van der Waals surface area contributed by atoms with Crippen molar-refractivity contribution in [1.82, 2.24) is 0 Å². The van der Waals surface area contributed by atoms with E-state index in [4.69, 9.17) is 16.0 Å². The molecule has 1 heterocycles. The van der Waals surface area contributed by atoms with Gasteiger partial charge in [0.25, 0.3) is 0 Å². The lowest BCUT2D eigenvalue weighted by atomic mass is 10.1. The average molecular weight is 289 g/mol. The van der Waals surface area contributed by atoms with Crippen LogP contribution >= 0.6 is 11.6 Å². The zero-order valence-electron chi connectivity index (χ0n) is 10.1. The maximum absolute atomic E-state index is 12.0. The van der Waals surface area contributed by atoms with Gasteiger partial charge in [0, 0.05) is 16.7 Å². The first-order valence-electron chi connectivity index (χ1n) is 5.81. The second-order valence-electron chi connectivity index (χ2n) is 4.29. The molecule has 0 atom stereocenters. The number of fused-ring (bicyclic) bond motifs is 1. The average Bonchev–Trinajstić information content (AvgIpc) is 2.44. The third-order valence-electron chi connectivity index (χ3n) is 2.98. The molecule has 0 radical (unpaired) electrons. The highest BCUT2D eigenvalue weighted by atomic mass is 35.5. The fourth-order valence-electron chi connectivity index (χ4n) is 1.95. The molecule has 2 N–H and O–H groups in total. The smallest absolute Gasteiger partial charge is 0.201 e. The van der Waals surface area contributed by atoms with E-state index in [0.717, 1.165) is 0 Å². The molecule has 0 unspecified atom stereocenters. The Bertz CT molecular complexity index is 850. The molecule has 3 rings (SSSR count). The molecular formula is C15H9ClO4. The van der Waals surface area contributed by atoms with Gasteiger partial charge >= 0.3 is 0 Å². The highest BCUT2D eigenvalue weighted by molar-refractivity contribution is 6.30. The van der Waals surface area contributed by atoms with E-state index >= 15 is 0 Å². The third-order valence-corrected chi connectivity index (χ3v) is 3.23. The van der Waals surface area contributed by atoms with Gasteiger partial charge in [-0.2, -0.15) is 0 Å². The fourth-order valence-corrected chi connectivity index (χ4v) is 2.08. The summed E-state index contributed by atoms with van der Waals surface area (Å²) in [6.07, 6.45) is 0. The normalized spacial score (nSPS) is 10.8. The zero-order valence-corrected chi connectivity index (χ0v) is 10.9. The van der Waals surface area contributed by atoms with Crippen molar-refractivity contribution in [2.24, 2.45) is 0 Å². The SMILES string of the molecule is O=c1cc(-c2ccc(Cl)cc2)oc2c(O)c(O)ccc12. The summed E-state index contributed by atoms with van der Waals surface area (Å²) in [6.45, 7) is 0. The standard InChI is InChI=1S/C15H9ClO4/c16-9-3-1-8(2-4-9)13-7-12(18)10-5-6-11(17)14(19)15(10)20-13/h1-7,17,19H. The molecule has 100 valence electrons. The Morgan fingerprint density at radius 3 is 2.40 bits per heavy atom. The summed E-state index contributed by atoms with van der Waals surface area (Å²) in [7, 11) is 0. The van der Waals surface area contributed by atoms with Gasteiger partial charge in [-0.05, 0) is 36.4 Å². The van der Waals surface area contributed by atoms with Gasteiger partial charge in [0.15, 0.2) is 16.8 Å². The van der Waals surface area contributed by atoms with Crippen LogP contribution in [0.25, 0.3) is 22.3 Å². The Morgan fingerprint density at radius 1 is 1.00 bits per heavy atom. The van der Waals surface area contributed by atoms with Crippen LogP contribution in [-0.2, 0) is 0 Å². The lowest BCUT2D eigenvalue weighted by molar-refractivity contribution is 0.400. The van der Waals surface area contributed by atoms with Crippen molar-refractivity contribution >= 4 is 22.6 Å². The minimum atomic E-state index is -0.449. The molecule has 4 nitrogen and oxygen atoms in total. The van der Waals surface area contributed by atoms with Gasteiger partial charge < -0.3 is 14.6 Å². The number of aromatic hydroxyl groups is 2. The van der Waals surface area contributed by atoms with Gasteiger partial charge in [-0.3, -0.25) is 4.79 Å². The molecule has 2 aromatic carbocycles. The molecule has 5 heteroatoms. The monoisotopic (exact) mass is 288 g/mol. The number of rotatable bonds is 1. The number of halogens is 1. The summed E-state index contributed by atoms with van der Waals surface area (Å²) >= 11 is 5.81. The van der Waals surface area contributed by atoms with Crippen LogP contribution in [0.2, 0.25) is 5.02 Å².